The summed E-state index contributed by atoms with van der Waals surface area (Å²) in [7, 11) is 0. The van der Waals surface area contributed by atoms with Crippen LogP contribution in [0.3, 0.4) is 0 Å². The summed E-state index contributed by atoms with van der Waals surface area (Å²) in [4.78, 5) is 0. The predicted octanol–water partition coefficient (Wildman–Crippen LogP) is 3.04. The van der Waals surface area contributed by atoms with Crippen molar-refractivity contribution in [3.8, 4) is 5.75 Å². The smallest absolute Gasteiger partial charge is 0.144 e. The van der Waals surface area contributed by atoms with Crippen molar-refractivity contribution in [2.45, 2.75) is 6.04 Å². The zero-order valence-corrected chi connectivity index (χ0v) is 8.75. The summed E-state index contributed by atoms with van der Waals surface area (Å²) in [5, 5.41) is 1.30. The first-order chi connectivity index (χ1) is 6.11. The molecule has 1 aliphatic heterocycles. The van der Waals surface area contributed by atoms with Gasteiger partial charge in [-0.2, -0.15) is 0 Å². The lowest BCUT2D eigenvalue weighted by Gasteiger charge is -2.06. The van der Waals surface area contributed by atoms with Crippen molar-refractivity contribution in [2.75, 3.05) is 6.61 Å². The Bertz CT molecular complexity index is 367. The number of hydrogen-bond acceptors (Lipinski definition) is 2. The van der Waals surface area contributed by atoms with Crippen LogP contribution in [-0.4, -0.2) is 6.61 Å². The maximum atomic E-state index is 5.95. The number of fused-ring (bicyclic) bond motifs is 1. The molecule has 0 unspecified atom stereocenters. The Kier molecular flexibility index (Phi) is 2.32. The molecule has 0 amide bonds. The largest absolute Gasteiger partial charge is 0.490 e. The molecular weight excluding hydrogens is 232 g/mol. The second kappa shape index (κ2) is 3.21. The summed E-state index contributed by atoms with van der Waals surface area (Å²) >= 11 is 17.7. The number of nitrogens with two attached hydrogens (primary N) is 1. The Balaban J connectivity index is 2.70. The normalized spacial score (nSPS) is 19.8. The van der Waals surface area contributed by atoms with Gasteiger partial charge in [-0.15, -0.1) is 0 Å². The molecule has 0 bridgehead atoms. The van der Waals surface area contributed by atoms with Crippen molar-refractivity contribution in [3.63, 3.8) is 0 Å². The summed E-state index contributed by atoms with van der Waals surface area (Å²) in [6.45, 7) is 0.398. The van der Waals surface area contributed by atoms with Gasteiger partial charge in [-0.3, -0.25) is 0 Å². The summed E-state index contributed by atoms with van der Waals surface area (Å²) in [6.07, 6.45) is 0. The maximum Gasteiger partial charge on any atom is 0.144 e. The minimum Gasteiger partial charge on any atom is -0.490 e. The van der Waals surface area contributed by atoms with E-state index in [4.69, 9.17) is 45.3 Å². The lowest BCUT2D eigenvalue weighted by molar-refractivity contribution is 0.333. The molecule has 5 heteroatoms. The van der Waals surface area contributed by atoms with E-state index in [1.54, 1.807) is 6.07 Å². The lowest BCUT2D eigenvalue weighted by Crippen LogP contribution is -2.11. The van der Waals surface area contributed by atoms with Gasteiger partial charge in [-0.25, -0.2) is 0 Å². The number of rotatable bonds is 0. The summed E-state index contributed by atoms with van der Waals surface area (Å²) < 4.78 is 5.28. The number of ether oxygens (including phenoxy) is 1. The van der Waals surface area contributed by atoms with Gasteiger partial charge in [0.1, 0.15) is 12.4 Å². The molecule has 1 heterocycles. The predicted molar refractivity (Wildman–Crippen MR) is 53.9 cm³/mol. The monoisotopic (exact) mass is 237 g/mol. The minimum absolute atomic E-state index is 0.237. The third-order valence-electron chi connectivity index (χ3n) is 1.94. The van der Waals surface area contributed by atoms with Crippen LogP contribution >= 0.6 is 34.8 Å². The van der Waals surface area contributed by atoms with Gasteiger partial charge in [-0.1, -0.05) is 34.8 Å². The molecule has 0 fully saturated rings. The van der Waals surface area contributed by atoms with Crippen LogP contribution in [0, 0.1) is 0 Å². The molecule has 2 nitrogen and oxygen atoms in total. The molecule has 1 aliphatic rings. The Morgan fingerprint density at radius 3 is 2.69 bits per heavy atom. The molecule has 1 aromatic rings. The second-order valence-corrected chi connectivity index (χ2v) is 4.01. The molecule has 0 saturated carbocycles. The first-order valence-corrected chi connectivity index (χ1v) is 4.80. The van der Waals surface area contributed by atoms with Gasteiger partial charge in [0.2, 0.25) is 0 Å². The molecule has 0 saturated heterocycles. The van der Waals surface area contributed by atoms with Gasteiger partial charge in [0, 0.05) is 5.56 Å². The second-order valence-electron chi connectivity index (χ2n) is 2.81. The van der Waals surface area contributed by atoms with Gasteiger partial charge in [0.15, 0.2) is 0 Å². The van der Waals surface area contributed by atoms with Crippen LogP contribution in [0.5, 0.6) is 5.75 Å². The van der Waals surface area contributed by atoms with Crippen molar-refractivity contribution in [1.29, 1.82) is 0 Å². The molecule has 2 N–H and O–H groups in total. The third kappa shape index (κ3) is 1.38. The standard InChI is InChI=1S/C8H6Cl3NO/c9-3-1-4(10)8-6(7(3)11)5(12)2-13-8/h1,5H,2,12H2/t5-/m0/s1. The highest BCUT2D eigenvalue weighted by molar-refractivity contribution is 6.44. The fourth-order valence-electron chi connectivity index (χ4n) is 1.33. The molecule has 0 aliphatic carbocycles. The average Bonchev–Trinajstić information content (AvgIpc) is 2.44. The Labute approximate surface area is 90.5 Å². The SMILES string of the molecule is N[C@H]1COc2c(Cl)cc(Cl)c(Cl)c21. The summed E-state index contributed by atoms with van der Waals surface area (Å²) in [5.74, 6) is 0.559. The molecule has 70 valence electrons. The molecular formula is C8H6Cl3NO. The van der Waals surface area contributed by atoms with Crippen molar-refractivity contribution in [3.05, 3.63) is 26.7 Å². The van der Waals surface area contributed by atoms with E-state index < -0.39 is 0 Å². The van der Waals surface area contributed by atoms with Crippen LogP contribution in [0.1, 0.15) is 11.6 Å². The Morgan fingerprint density at radius 1 is 1.31 bits per heavy atom. The molecule has 13 heavy (non-hydrogen) atoms. The van der Waals surface area contributed by atoms with Crippen LogP contribution in [0.2, 0.25) is 15.1 Å². The van der Waals surface area contributed by atoms with E-state index in [1.165, 1.54) is 0 Å². The molecule has 1 aromatic carbocycles. The van der Waals surface area contributed by atoms with Crippen LogP contribution in [0.25, 0.3) is 0 Å². The van der Waals surface area contributed by atoms with E-state index in [0.717, 1.165) is 0 Å². The number of hydrogen-bond donors (Lipinski definition) is 1. The van der Waals surface area contributed by atoms with E-state index in [1.807, 2.05) is 0 Å². The zero-order valence-electron chi connectivity index (χ0n) is 6.48. The van der Waals surface area contributed by atoms with Crippen molar-refractivity contribution >= 4 is 34.8 Å². The van der Waals surface area contributed by atoms with Crippen molar-refractivity contribution in [1.82, 2.24) is 0 Å². The molecule has 0 radical (unpaired) electrons. The highest BCUT2D eigenvalue weighted by atomic mass is 35.5. The van der Waals surface area contributed by atoms with Gasteiger partial charge >= 0.3 is 0 Å². The first-order valence-electron chi connectivity index (χ1n) is 3.67. The van der Waals surface area contributed by atoms with Crippen LogP contribution in [0.15, 0.2) is 6.07 Å². The first kappa shape index (κ1) is 9.41. The Morgan fingerprint density at radius 2 is 2.00 bits per heavy atom. The van der Waals surface area contributed by atoms with Crippen molar-refractivity contribution < 1.29 is 4.74 Å². The van der Waals surface area contributed by atoms with E-state index >= 15 is 0 Å². The molecule has 0 spiro atoms. The van der Waals surface area contributed by atoms with Gasteiger partial charge in [0.25, 0.3) is 0 Å². The maximum absolute atomic E-state index is 5.95. The summed E-state index contributed by atoms with van der Waals surface area (Å²) in [6, 6.07) is 1.32. The molecule has 2 rings (SSSR count). The number of benzene rings is 1. The fourth-order valence-corrected chi connectivity index (χ4v) is 2.14. The van der Waals surface area contributed by atoms with Gasteiger partial charge < -0.3 is 10.5 Å². The fraction of sp³-hybridized carbons (Fsp3) is 0.250. The van der Waals surface area contributed by atoms with E-state index in [-0.39, 0.29) is 6.04 Å². The topological polar surface area (TPSA) is 35.2 Å². The van der Waals surface area contributed by atoms with Crippen LogP contribution in [0.4, 0.5) is 0 Å². The minimum atomic E-state index is -0.237. The molecule has 1 atom stereocenters. The van der Waals surface area contributed by atoms with Gasteiger partial charge in [0.05, 0.1) is 21.1 Å². The quantitative estimate of drug-likeness (QED) is 0.705. The highest BCUT2D eigenvalue weighted by Gasteiger charge is 2.27. The Hall–Kier alpha value is -0.150. The zero-order chi connectivity index (χ0) is 9.59. The number of halogens is 3. The van der Waals surface area contributed by atoms with Crippen LogP contribution in [-0.2, 0) is 0 Å². The van der Waals surface area contributed by atoms with E-state index in [2.05, 4.69) is 0 Å². The van der Waals surface area contributed by atoms with E-state index in [0.29, 0.717) is 33.0 Å². The third-order valence-corrected chi connectivity index (χ3v) is 3.02. The molecule has 0 aromatic heterocycles. The summed E-state index contributed by atoms with van der Waals surface area (Å²) in [5.41, 5.74) is 6.47. The average molecular weight is 239 g/mol. The van der Waals surface area contributed by atoms with Crippen molar-refractivity contribution in [2.24, 2.45) is 5.73 Å². The van der Waals surface area contributed by atoms with Gasteiger partial charge in [-0.05, 0) is 6.07 Å². The highest BCUT2D eigenvalue weighted by Crippen LogP contribution is 2.45. The van der Waals surface area contributed by atoms with E-state index in [9.17, 15) is 0 Å². The van der Waals surface area contributed by atoms with Crippen LogP contribution < -0.4 is 10.5 Å². The lowest BCUT2D eigenvalue weighted by atomic mass is 10.1.